The quantitative estimate of drug-likeness (QED) is 0.0950. The van der Waals surface area contributed by atoms with Gasteiger partial charge < -0.3 is 25.4 Å². The topological polar surface area (TPSA) is 160 Å². The molecule has 2 aromatic carbocycles. The first-order chi connectivity index (χ1) is 26.2. The zero-order valence-corrected chi connectivity index (χ0v) is 31.5. The number of aromatic amines is 1. The predicted molar refractivity (Wildman–Crippen MR) is 201 cm³/mol. The van der Waals surface area contributed by atoms with Crippen molar-refractivity contribution in [3.8, 4) is 28.4 Å². The number of benzene rings is 2. The van der Waals surface area contributed by atoms with Crippen LogP contribution in [0, 0.1) is 11.8 Å². The van der Waals surface area contributed by atoms with Gasteiger partial charge in [0.1, 0.15) is 11.6 Å². The first kappa shape index (κ1) is 40.7. The summed E-state index contributed by atoms with van der Waals surface area (Å²) in [4.78, 5) is 47.6. The SMILES string of the molecule is CCCCOc1ccc(-c2cccc(C[C@H](NC(=O)C3CCC(CNC(=O)OC(C)(C)C)CC3)C(=O)Nc3ccc(-c4n[nH]c(C(F)(F)F)n4)cc3)c2)cn1. The lowest BCUT2D eigenvalue weighted by molar-refractivity contribution is -0.144. The number of unbranched alkanes of at least 4 members (excludes halogenated alkanes) is 1. The second-order valence-corrected chi connectivity index (χ2v) is 14.7. The molecular formula is C40H48F3N7O5. The van der Waals surface area contributed by atoms with Crippen molar-refractivity contribution in [1.82, 2.24) is 30.8 Å². The fraction of sp³-hybridized carbons (Fsp3) is 0.450. The van der Waals surface area contributed by atoms with E-state index in [0.717, 1.165) is 42.4 Å². The van der Waals surface area contributed by atoms with Gasteiger partial charge in [0, 0.05) is 48.0 Å². The number of ether oxygens (including phenoxy) is 2. The average Bonchev–Trinajstić information content (AvgIpc) is 3.66. The number of pyridine rings is 1. The molecule has 0 aliphatic heterocycles. The van der Waals surface area contributed by atoms with E-state index in [1.165, 1.54) is 24.3 Å². The second kappa shape index (κ2) is 18.2. The summed E-state index contributed by atoms with van der Waals surface area (Å²) in [5.41, 5.74) is 2.64. The summed E-state index contributed by atoms with van der Waals surface area (Å²) in [6.07, 6.45) is 1.38. The Hall–Kier alpha value is -5.47. The number of carbonyl (C=O) groups is 3. The molecule has 1 saturated carbocycles. The summed E-state index contributed by atoms with van der Waals surface area (Å²) in [6.45, 7) is 8.54. The summed E-state index contributed by atoms with van der Waals surface area (Å²) >= 11 is 0. The van der Waals surface area contributed by atoms with E-state index in [2.05, 4.69) is 37.9 Å². The van der Waals surface area contributed by atoms with Crippen LogP contribution in [0.15, 0.2) is 66.9 Å². The Bertz CT molecular complexity index is 1880. The van der Waals surface area contributed by atoms with Crippen LogP contribution in [0.5, 0.6) is 5.88 Å². The summed E-state index contributed by atoms with van der Waals surface area (Å²) in [5, 5.41) is 14.2. The molecule has 1 aliphatic rings. The number of nitrogens with zero attached hydrogens (tertiary/aromatic N) is 3. The third-order valence-electron chi connectivity index (χ3n) is 9.13. The van der Waals surface area contributed by atoms with Crippen LogP contribution >= 0.6 is 0 Å². The third kappa shape index (κ3) is 12.3. The van der Waals surface area contributed by atoms with Crippen LogP contribution in [0.4, 0.5) is 23.7 Å². The highest BCUT2D eigenvalue weighted by Gasteiger charge is 2.35. The first-order valence-corrected chi connectivity index (χ1v) is 18.5. The lowest BCUT2D eigenvalue weighted by Gasteiger charge is -2.29. The van der Waals surface area contributed by atoms with Crippen molar-refractivity contribution in [1.29, 1.82) is 0 Å². The number of alkyl halides is 3. The van der Waals surface area contributed by atoms with Gasteiger partial charge in [-0.15, -0.1) is 0 Å². The number of hydrogen-bond acceptors (Lipinski definition) is 8. The molecule has 0 saturated heterocycles. The van der Waals surface area contributed by atoms with Gasteiger partial charge >= 0.3 is 12.3 Å². The number of alkyl carbamates (subject to hydrolysis) is 1. The Kier molecular flexibility index (Phi) is 13.5. The molecule has 4 N–H and O–H groups in total. The number of amides is 3. The van der Waals surface area contributed by atoms with Crippen LogP contribution < -0.4 is 20.7 Å². The van der Waals surface area contributed by atoms with Crippen LogP contribution in [-0.2, 0) is 26.9 Å². The number of halogens is 3. The van der Waals surface area contributed by atoms with Gasteiger partial charge in [-0.3, -0.25) is 14.7 Å². The minimum absolute atomic E-state index is 0.139. The third-order valence-corrected chi connectivity index (χ3v) is 9.13. The summed E-state index contributed by atoms with van der Waals surface area (Å²) < 4.78 is 50.1. The molecule has 15 heteroatoms. The Morgan fingerprint density at radius 1 is 0.945 bits per heavy atom. The minimum atomic E-state index is -4.67. The van der Waals surface area contributed by atoms with Crippen molar-refractivity contribution in [2.45, 2.75) is 90.5 Å². The van der Waals surface area contributed by atoms with Crippen molar-refractivity contribution in [3.63, 3.8) is 0 Å². The van der Waals surface area contributed by atoms with Crippen LogP contribution in [-0.4, -0.2) is 62.9 Å². The van der Waals surface area contributed by atoms with Crippen LogP contribution in [0.1, 0.15) is 77.6 Å². The Labute approximate surface area is 318 Å². The standard InChI is InChI=1S/C40H48F3N7O5/c1-5-6-20-54-33-19-16-30(24-44-33)29-9-7-8-26(21-29)22-32(47-35(51)28-12-10-25(11-13-28)23-45-38(53)55-39(2,3)4)36(52)46-31-17-14-27(15-18-31)34-48-37(50-49-34)40(41,42)43/h7-9,14-19,21,24-25,28,32H,5-6,10-13,20,22-23H2,1-4H3,(H,45,53)(H,46,52)(H,47,51)(H,48,49,50)/t25?,28?,32-/m0/s1. The van der Waals surface area contributed by atoms with Crippen LogP contribution in [0.3, 0.4) is 0 Å². The van der Waals surface area contributed by atoms with Crippen molar-refractivity contribution in [2.75, 3.05) is 18.5 Å². The molecule has 3 amide bonds. The van der Waals surface area contributed by atoms with Crippen LogP contribution in [0.25, 0.3) is 22.5 Å². The first-order valence-electron chi connectivity index (χ1n) is 18.5. The molecule has 1 aliphatic carbocycles. The maximum Gasteiger partial charge on any atom is 0.451 e. The summed E-state index contributed by atoms with van der Waals surface area (Å²) in [5.74, 6) is -1.62. The summed E-state index contributed by atoms with van der Waals surface area (Å²) in [7, 11) is 0. The molecule has 294 valence electrons. The van der Waals surface area contributed by atoms with Gasteiger partial charge in [0.2, 0.25) is 23.5 Å². The van der Waals surface area contributed by atoms with Gasteiger partial charge in [0.05, 0.1) is 6.61 Å². The molecule has 0 bridgehead atoms. The predicted octanol–water partition coefficient (Wildman–Crippen LogP) is 7.73. The van der Waals surface area contributed by atoms with Crippen molar-refractivity contribution in [2.24, 2.45) is 11.8 Å². The van der Waals surface area contributed by atoms with E-state index >= 15 is 0 Å². The number of nitrogens with one attached hydrogen (secondary N) is 4. The lowest BCUT2D eigenvalue weighted by atomic mass is 9.81. The number of anilines is 1. The molecule has 55 heavy (non-hydrogen) atoms. The Morgan fingerprint density at radius 3 is 2.31 bits per heavy atom. The highest BCUT2D eigenvalue weighted by molar-refractivity contribution is 5.97. The Balaban J connectivity index is 1.27. The van der Waals surface area contributed by atoms with Gasteiger partial charge in [-0.2, -0.15) is 18.3 Å². The van der Waals surface area contributed by atoms with Crippen molar-refractivity contribution in [3.05, 3.63) is 78.2 Å². The highest BCUT2D eigenvalue weighted by atomic mass is 19.4. The van der Waals surface area contributed by atoms with Crippen molar-refractivity contribution >= 4 is 23.6 Å². The molecule has 1 atom stereocenters. The highest BCUT2D eigenvalue weighted by Crippen LogP contribution is 2.30. The second-order valence-electron chi connectivity index (χ2n) is 14.7. The van der Waals surface area contributed by atoms with Gasteiger partial charge in [-0.1, -0.05) is 37.6 Å². The zero-order valence-electron chi connectivity index (χ0n) is 31.5. The van der Waals surface area contributed by atoms with E-state index < -0.39 is 35.6 Å². The van der Waals surface area contributed by atoms with E-state index in [1.807, 2.05) is 41.5 Å². The maximum atomic E-state index is 13.8. The fourth-order valence-corrected chi connectivity index (χ4v) is 6.19. The van der Waals surface area contributed by atoms with E-state index in [1.54, 1.807) is 27.0 Å². The smallest absolute Gasteiger partial charge is 0.451 e. The van der Waals surface area contributed by atoms with E-state index in [-0.39, 0.29) is 30.0 Å². The van der Waals surface area contributed by atoms with Gasteiger partial charge in [0.15, 0.2) is 5.82 Å². The summed E-state index contributed by atoms with van der Waals surface area (Å²) in [6, 6.07) is 16.5. The minimum Gasteiger partial charge on any atom is -0.478 e. The normalized spacial score (nSPS) is 16.5. The van der Waals surface area contributed by atoms with E-state index in [4.69, 9.17) is 9.47 Å². The molecule has 0 unspecified atom stereocenters. The van der Waals surface area contributed by atoms with Gasteiger partial charge in [-0.25, -0.2) is 14.8 Å². The molecule has 1 fully saturated rings. The zero-order chi connectivity index (χ0) is 39.6. The number of rotatable bonds is 14. The molecule has 5 rings (SSSR count). The monoisotopic (exact) mass is 763 g/mol. The molecule has 2 aromatic heterocycles. The van der Waals surface area contributed by atoms with Crippen LogP contribution in [0.2, 0.25) is 0 Å². The average molecular weight is 764 g/mol. The maximum absolute atomic E-state index is 13.8. The number of hydrogen-bond donors (Lipinski definition) is 4. The van der Waals surface area contributed by atoms with Crippen molar-refractivity contribution < 1.29 is 37.0 Å². The largest absolute Gasteiger partial charge is 0.478 e. The molecule has 4 aromatic rings. The molecule has 0 radical (unpaired) electrons. The molecular weight excluding hydrogens is 715 g/mol. The Morgan fingerprint density at radius 2 is 1.67 bits per heavy atom. The van der Waals surface area contributed by atoms with E-state index in [0.29, 0.717) is 43.1 Å². The number of H-pyrrole nitrogens is 1. The van der Waals surface area contributed by atoms with E-state index in [9.17, 15) is 27.6 Å². The number of aromatic nitrogens is 4. The van der Waals surface area contributed by atoms with Gasteiger partial charge in [-0.05, 0) is 100 Å². The number of carbonyl (C=O) groups excluding carboxylic acids is 3. The molecule has 0 spiro atoms. The fourth-order valence-electron chi connectivity index (χ4n) is 6.19. The lowest BCUT2D eigenvalue weighted by Crippen LogP contribution is -2.48. The van der Waals surface area contributed by atoms with Gasteiger partial charge in [0.25, 0.3) is 0 Å². The molecule has 2 heterocycles. The molecule has 12 nitrogen and oxygen atoms in total.